The third-order valence-electron chi connectivity index (χ3n) is 2.48. The van der Waals surface area contributed by atoms with Crippen molar-refractivity contribution in [1.82, 2.24) is 0 Å². The first-order valence-electron chi connectivity index (χ1n) is 5.52. The molecular formula is C13H18O2. The van der Waals surface area contributed by atoms with Crippen LogP contribution in [-0.2, 0) is 12.8 Å². The highest BCUT2D eigenvalue weighted by molar-refractivity contribution is 5.81. The number of benzene rings is 1. The summed E-state index contributed by atoms with van der Waals surface area (Å²) in [6.07, 6.45) is 4.57. The zero-order valence-electron chi connectivity index (χ0n) is 9.42. The molecule has 0 aliphatic rings. The molecule has 0 aliphatic heterocycles. The maximum Gasteiger partial charge on any atom is 0.154 e. The van der Waals surface area contributed by atoms with Crippen molar-refractivity contribution >= 4 is 6.29 Å². The maximum absolute atomic E-state index is 10.8. The molecule has 0 unspecified atom stereocenters. The first-order valence-corrected chi connectivity index (χ1v) is 5.52. The van der Waals surface area contributed by atoms with E-state index in [2.05, 4.69) is 13.8 Å². The Labute approximate surface area is 90.9 Å². The fraction of sp³-hybridized carbons (Fsp3) is 0.462. The maximum atomic E-state index is 10.8. The summed E-state index contributed by atoms with van der Waals surface area (Å²) in [4.78, 5) is 10.8. The van der Waals surface area contributed by atoms with Crippen LogP contribution in [0.5, 0.6) is 5.75 Å². The number of rotatable bonds is 5. The van der Waals surface area contributed by atoms with Crippen LogP contribution >= 0.6 is 0 Å². The van der Waals surface area contributed by atoms with E-state index in [-0.39, 0.29) is 5.75 Å². The molecular weight excluding hydrogens is 188 g/mol. The quantitative estimate of drug-likeness (QED) is 0.751. The molecule has 2 heteroatoms. The number of hydrogen-bond acceptors (Lipinski definition) is 2. The highest BCUT2D eigenvalue weighted by Crippen LogP contribution is 2.24. The van der Waals surface area contributed by atoms with E-state index in [1.54, 1.807) is 6.07 Å². The van der Waals surface area contributed by atoms with Crippen molar-refractivity contribution in [2.75, 3.05) is 0 Å². The van der Waals surface area contributed by atoms with Crippen molar-refractivity contribution < 1.29 is 9.90 Å². The van der Waals surface area contributed by atoms with Gasteiger partial charge in [0.1, 0.15) is 5.75 Å². The van der Waals surface area contributed by atoms with Crippen LogP contribution in [0.2, 0.25) is 0 Å². The summed E-state index contributed by atoms with van der Waals surface area (Å²) in [6, 6.07) is 3.74. The van der Waals surface area contributed by atoms with Crippen LogP contribution < -0.4 is 0 Å². The fourth-order valence-electron chi connectivity index (χ4n) is 1.81. The van der Waals surface area contributed by atoms with E-state index in [4.69, 9.17) is 0 Å². The van der Waals surface area contributed by atoms with Gasteiger partial charge in [0, 0.05) is 0 Å². The zero-order chi connectivity index (χ0) is 11.3. The van der Waals surface area contributed by atoms with E-state index in [1.807, 2.05) is 6.07 Å². The Morgan fingerprint density at radius 1 is 1.20 bits per heavy atom. The van der Waals surface area contributed by atoms with Crippen molar-refractivity contribution in [1.29, 1.82) is 0 Å². The van der Waals surface area contributed by atoms with Gasteiger partial charge >= 0.3 is 0 Å². The third kappa shape index (κ3) is 2.82. The molecule has 0 saturated heterocycles. The van der Waals surface area contributed by atoms with Gasteiger partial charge in [0.15, 0.2) is 6.29 Å². The summed E-state index contributed by atoms with van der Waals surface area (Å²) in [5.74, 6) is 0.124. The van der Waals surface area contributed by atoms with E-state index in [0.29, 0.717) is 5.56 Å². The van der Waals surface area contributed by atoms with Crippen molar-refractivity contribution in [2.45, 2.75) is 39.5 Å². The summed E-state index contributed by atoms with van der Waals surface area (Å²) >= 11 is 0. The molecule has 1 rings (SSSR count). The summed E-state index contributed by atoms with van der Waals surface area (Å²) < 4.78 is 0. The lowest BCUT2D eigenvalue weighted by Crippen LogP contribution is -1.96. The van der Waals surface area contributed by atoms with Gasteiger partial charge in [-0.3, -0.25) is 4.79 Å². The molecule has 82 valence electrons. The zero-order valence-corrected chi connectivity index (χ0v) is 9.42. The lowest BCUT2D eigenvalue weighted by atomic mass is 9.98. The first-order chi connectivity index (χ1) is 7.22. The SMILES string of the molecule is CCCc1cc(O)c(C=O)c(CCC)c1. The van der Waals surface area contributed by atoms with E-state index >= 15 is 0 Å². The Bertz CT molecular complexity index is 343. The molecule has 0 atom stereocenters. The second-order valence-corrected chi connectivity index (χ2v) is 3.81. The van der Waals surface area contributed by atoms with Gasteiger partial charge in [-0.15, -0.1) is 0 Å². The van der Waals surface area contributed by atoms with Crippen LogP contribution in [0.25, 0.3) is 0 Å². The molecule has 0 radical (unpaired) electrons. The molecule has 0 aliphatic carbocycles. The van der Waals surface area contributed by atoms with Gasteiger partial charge < -0.3 is 5.11 Å². The van der Waals surface area contributed by atoms with Gasteiger partial charge in [0.05, 0.1) is 5.56 Å². The fourth-order valence-corrected chi connectivity index (χ4v) is 1.81. The highest BCUT2D eigenvalue weighted by Gasteiger charge is 2.08. The molecule has 1 aromatic rings. The lowest BCUT2D eigenvalue weighted by Gasteiger charge is -2.09. The number of aromatic hydroxyl groups is 1. The van der Waals surface area contributed by atoms with Gasteiger partial charge in [-0.1, -0.05) is 32.8 Å². The standard InChI is InChI=1S/C13H18O2/c1-3-5-10-7-11(6-4-2)12(9-14)13(15)8-10/h7-9,15H,3-6H2,1-2H3. The van der Waals surface area contributed by atoms with Crippen LogP contribution in [0.4, 0.5) is 0 Å². The molecule has 0 fully saturated rings. The van der Waals surface area contributed by atoms with Crippen LogP contribution in [0, 0.1) is 0 Å². The first kappa shape index (κ1) is 11.8. The number of aryl methyl sites for hydroxylation is 2. The molecule has 2 nitrogen and oxygen atoms in total. The summed E-state index contributed by atoms with van der Waals surface area (Å²) in [7, 11) is 0. The molecule has 0 saturated carbocycles. The van der Waals surface area contributed by atoms with Gasteiger partial charge in [0.2, 0.25) is 0 Å². The predicted molar refractivity (Wildman–Crippen MR) is 61.5 cm³/mol. The van der Waals surface area contributed by atoms with E-state index in [0.717, 1.165) is 43.1 Å². The number of phenols is 1. The monoisotopic (exact) mass is 206 g/mol. The number of hydrogen-bond donors (Lipinski definition) is 1. The Hall–Kier alpha value is -1.31. The van der Waals surface area contributed by atoms with Crippen LogP contribution in [0.15, 0.2) is 12.1 Å². The van der Waals surface area contributed by atoms with Crippen molar-refractivity contribution in [3.63, 3.8) is 0 Å². The Balaban J connectivity index is 3.12. The van der Waals surface area contributed by atoms with Crippen LogP contribution in [0.3, 0.4) is 0 Å². The van der Waals surface area contributed by atoms with E-state index in [1.165, 1.54) is 0 Å². The number of carbonyl (C=O) groups excluding carboxylic acids is 1. The van der Waals surface area contributed by atoms with Crippen LogP contribution in [-0.4, -0.2) is 11.4 Å². The van der Waals surface area contributed by atoms with E-state index in [9.17, 15) is 9.90 Å². The molecule has 15 heavy (non-hydrogen) atoms. The largest absolute Gasteiger partial charge is 0.507 e. The van der Waals surface area contributed by atoms with Crippen molar-refractivity contribution in [2.24, 2.45) is 0 Å². The molecule has 1 aromatic carbocycles. The predicted octanol–water partition coefficient (Wildman–Crippen LogP) is 3.11. The average molecular weight is 206 g/mol. The third-order valence-corrected chi connectivity index (χ3v) is 2.48. The van der Waals surface area contributed by atoms with Gasteiger partial charge in [0.25, 0.3) is 0 Å². The number of aldehydes is 1. The topological polar surface area (TPSA) is 37.3 Å². The Morgan fingerprint density at radius 3 is 2.40 bits per heavy atom. The number of carbonyl (C=O) groups is 1. The van der Waals surface area contributed by atoms with Gasteiger partial charge in [-0.05, 0) is 30.0 Å². The Morgan fingerprint density at radius 2 is 1.87 bits per heavy atom. The van der Waals surface area contributed by atoms with Gasteiger partial charge in [-0.25, -0.2) is 0 Å². The number of phenolic OH excluding ortho intramolecular Hbond substituents is 1. The molecule has 0 aromatic heterocycles. The highest BCUT2D eigenvalue weighted by atomic mass is 16.3. The summed E-state index contributed by atoms with van der Waals surface area (Å²) in [5.41, 5.74) is 2.54. The Kier molecular flexibility index (Phi) is 4.35. The van der Waals surface area contributed by atoms with Crippen LogP contribution in [0.1, 0.15) is 48.2 Å². The minimum atomic E-state index is 0.124. The normalized spacial score (nSPS) is 10.3. The molecule has 0 bridgehead atoms. The van der Waals surface area contributed by atoms with E-state index < -0.39 is 0 Å². The van der Waals surface area contributed by atoms with Crippen molar-refractivity contribution in [3.8, 4) is 5.75 Å². The minimum absolute atomic E-state index is 0.124. The van der Waals surface area contributed by atoms with Crippen molar-refractivity contribution in [3.05, 3.63) is 28.8 Å². The summed E-state index contributed by atoms with van der Waals surface area (Å²) in [5, 5.41) is 9.69. The lowest BCUT2D eigenvalue weighted by molar-refractivity contribution is 0.112. The van der Waals surface area contributed by atoms with Gasteiger partial charge in [-0.2, -0.15) is 0 Å². The molecule has 0 amide bonds. The molecule has 1 N–H and O–H groups in total. The molecule has 0 heterocycles. The second-order valence-electron chi connectivity index (χ2n) is 3.81. The summed E-state index contributed by atoms with van der Waals surface area (Å²) in [6.45, 7) is 4.17. The smallest absolute Gasteiger partial charge is 0.154 e. The molecule has 0 spiro atoms. The average Bonchev–Trinajstić information content (AvgIpc) is 2.18. The minimum Gasteiger partial charge on any atom is -0.507 e. The second kappa shape index (κ2) is 5.54.